The van der Waals surface area contributed by atoms with Crippen LogP contribution in [0.3, 0.4) is 0 Å². The number of fused-ring (bicyclic) bond motifs is 2. The minimum atomic E-state index is -2.63. The van der Waals surface area contributed by atoms with Gasteiger partial charge in [0.05, 0.1) is 68.4 Å². The number of urea groups is 1. The summed E-state index contributed by atoms with van der Waals surface area (Å²) in [4.78, 5) is 61.8. The molecule has 0 radical (unpaired) electrons. The second-order valence-electron chi connectivity index (χ2n) is 20.9. The van der Waals surface area contributed by atoms with Crippen LogP contribution in [0.2, 0.25) is 0 Å². The highest BCUT2D eigenvalue weighted by Gasteiger charge is 2.69. The standard InChI is InChI=1S/C47H81N5O18S/c1-26-20-28-21-46(42(62)63,70-40(36(59)30(56)23-53)47(26,28)50-22-27(2)55)69-39-37(60)31(24-54)68-41(38(39)61)65-17-9-15-48-34(58)12-18-66-45(5,6)14-19-67-44(3,4)13-16-49-33(57)11-8-7-10-32-35-29(25-71-32)51-43(64)52-35/h26,28-32,35-41,50,53-54,56,59-61H,7-25H2,1-6H3,(H,48,58)(H,49,57)(H,62,63)(H2,51,52,64)/t26?,28?,29-,30+,31?,32-,35-,36+,37-,38?,39?,40?,41+,46+,47+/m0/s1. The van der Waals surface area contributed by atoms with Crippen LogP contribution in [0.25, 0.3) is 0 Å². The molecule has 0 aromatic carbocycles. The first kappa shape index (κ1) is 59.1. The van der Waals surface area contributed by atoms with Gasteiger partial charge in [0.25, 0.3) is 5.79 Å². The molecule has 23 nitrogen and oxygen atoms in total. The average molecular weight is 1040 g/mol. The van der Waals surface area contributed by atoms with Gasteiger partial charge in [-0.2, -0.15) is 11.8 Å². The zero-order chi connectivity index (χ0) is 52.3. The summed E-state index contributed by atoms with van der Waals surface area (Å²) in [6.45, 7) is 10.2. The molecule has 4 heterocycles. The van der Waals surface area contributed by atoms with Crippen molar-refractivity contribution in [2.24, 2.45) is 11.8 Å². The van der Waals surface area contributed by atoms with Crippen molar-refractivity contribution in [3.63, 3.8) is 0 Å². The molecule has 408 valence electrons. The Bertz CT molecular complexity index is 1790. The molecular formula is C47H81N5O18S. The van der Waals surface area contributed by atoms with Crippen molar-refractivity contribution in [3.05, 3.63) is 0 Å². The Labute approximate surface area is 419 Å². The van der Waals surface area contributed by atoms with Crippen molar-refractivity contribution in [1.29, 1.82) is 0 Å². The first-order chi connectivity index (χ1) is 33.5. The molecule has 5 rings (SSSR count). The highest BCUT2D eigenvalue weighted by atomic mass is 32.2. The van der Waals surface area contributed by atoms with E-state index in [2.05, 4.69) is 26.6 Å². The largest absolute Gasteiger partial charge is 0.477 e. The fraction of sp³-hybridized carbons (Fsp3) is 0.894. The molecule has 5 aliphatic rings. The lowest BCUT2D eigenvalue weighted by Gasteiger charge is -2.65. The predicted octanol–water partition coefficient (Wildman–Crippen LogP) is -1.21. The van der Waals surface area contributed by atoms with Gasteiger partial charge in [0, 0.05) is 43.4 Å². The summed E-state index contributed by atoms with van der Waals surface area (Å²) in [5, 5.41) is 89.8. The maximum atomic E-state index is 13.1. The Morgan fingerprint density at radius 2 is 1.61 bits per heavy atom. The van der Waals surface area contributed by atoms with Crippen molar-refractivity contribution < 1.29 is 88.1 Å². The molecule has 6 unspecified atom stereocenters. The lowest BCUT2D eigenvalue weighted by atomic mass is 9.52. The van der Waals surface area contributed by atoms with Gasteiger partial charge in [-0.15, -0.1) is 0 Å². The Morgan fingerprint density at radius 1 is 0.915 bits per heavy atom. The summed E-state index contributed by atoms with van der Waals surface area (Å²) >= 11 is 1.87. The summed E-state index contributed by atoms with van der Waals surface area (Å²) in [6, 6.07) is 0.273. The van der Waals surface area contributed by atoms with Crippen LogP contribution in [-0.4, -0.2) is 213 Å². The Kier molecular flexibility index (Phi) is 21.7. The summed E-state index contributed by atoms with van der Waals surface area (Å²) in [7, 11) is 0. The number of ketones is 1. The maximum absolute atomic E-state index is 13.1. The van der Waals surface area contributed by atoms with Gasteiger partial charge < -0.3 is 90.8 Å². The van der Waals surface area contributed by atoms with Gasteiger partial charge in [-0.3, -0.25) is 14.4 Å². The highest BCUT2D eigenvalue weighted by molar-refractivity contribution is 8.00. The molecule has 1 aliphatic carbocycles. The van der Waals surface area contributed by atoms with E-state index < -0.39 is 96.6 Å². The van der Waals surface area contributed by atoms with Gasteiger partial charge in [-0.25, -0.2) is 9.59 Å². The average Bonchev–Trinajstić information content (AvgIpc) is 3.86. The maximum Gasteiger partial charge on any atom is 0.364 e. The van der Waals surface area contributed by atoms with E-state index in [1.54, 1.807) is 6.92 Å². The van der Waals surface area contributed by atoms with Gasteiger partial charge in [-0.05, 0) is 85.0 Å². The van der Waals surface area contributed by atoms with Crippen molar-refractivity contribution in [2.75, 3.05) is 58.4 Å². The molecule has 0 bridgehead atoms. The molecule has 5 fully saturated rings. The third-order valence-electron chi connectivity index (χ3n) is 14.5. The number of rotatable bonds is 31. The number of aliphatic hydroxyl groups excluding tert-OH is 6. The number of Topliss-reactive ketones (excluding diaryl/α,β-unsaturated/α-hetero) is 1. The Hall–Kier alpha value is -2.82. The third kappa shape index (κ3) is 15.4. The van der Waals surface area contributed by atoms with E-state index in [1.165, 1.54) is 6.92 Å². The van der Waals surface area contributed by atoms with Gasteiger partial charge in [-0.1, -0.05) is 13.3 Å². The smallest absolute Gasteiger partial charge is 0.364 e. The number of aliphatic hydroxyl groups is 6. The monoisotopic (exact) mass is 1040 g/mol. The zero-order valence-corrected chi connectivity index (χ0v) is 42.8. The number of carbonyl (C=O) groups is 5. The van der Waals surface area contributed by atoms with Crippen molar-refractivity contribution in [3.8, 4) is 0 Å². The van der Waals surface area contributed by atoms with Crippen LogP contribution in [0.1, 0.15) is 106 Å². The molecule has 0 aromatic rings. The van der Waals surface area contributed by atoms with E-state index in [4.69, 9.17) is 28.4 Å². The van der Waals surface area contributed by atoms with E-state index in [-0.39, 0.29) is 87.2 Å². The van der Waals surface area contributed by atoms with Crippen LogP contribution in [0, 0.1) is 11.8 Å². The molecule has 24 heteroatoms. The highest BCUT2D eigenvalue weighted by Crippen LogP contribution is 2.57. The van der Waals surface area contributed by atoms with Gasteiger partial charge in [0.1, 0.15) is 48.5 Å². The van der Waals surface area contributed by atoms with Crippen LogP contribution >= 0.6 is 11.8 Å². The van der Waals surface area contributed by atoms with Gasteiger partial charge >= 0.3 is 12.0 Å². The molecule has 0 spiro atoms. The minimum Gasteiger partial charge on any atom is -0.477 e. The summed E-state index contributed by atoms with van der Waals surface area (Å²) in [5.41, 5.74) is -2.30. The quantitative estimate of drug-likeness (QED) is 0.0286. The molecule has 15 atom stereocenters. The van der Waals surface area contributed by atoms with E-state index in [9.17, 15) is 59.7 Å². The van der Waals surface area contributed by atoms with Crippen molar-refractivity contribution in [1.82, 2.24) is 26.6 Å². The number of ether oxygens (including phenoxy) is 6. The van der Waals surface area contributed by atoms with Gasteiger partial charge in [0.15, 0.2) is 6.29 Å². The SMILES string of the molecule is CC(=O)CN[C@]12C(C)CC1C[C@](OC1C(O)[C@H](OCCCNC(=O)CCOC(C)(C)CCOC(C)(C)CCNC(=O)CCCC[C@@H]3SC[C@@H]4NC(=O)N[C@@H]43)OC(CO)[C@@H]1O)(C(=O)O)OC2[C@H](O)[C@H](O)CO. The van der Waals surface area contributed by atoms with Crippen LogP contribution in [-0.2, 0) is 47.6 Å². The number of carboxylic acids is 1. The number of nitrogens with one attached hydrogen (secondary N) is 5. The number of thioether (sulfide) groups is 1. The third-order valence-corrected chi connectivity index (χ3v) is 16.0. The van der Waals surface area contributed by atoms with E-state index in [0.29, 0.717) is 44.1 Å². The fourth-order valence-corrected chi connectivity index (χ4v) is 11.8. The number of aliphatic carboxylic acids is 1. The molecule has 4 amide bonds. The molecular weight excluding hydrogens is 955 g/mol. The van der Waals surface area contributed by atoms with Crippen LogP contribution in [0.4, 0.5) is 4.79 Å². The number of unbranched alkanes of at least 4 members (excludes halogenated alkanes) is 1. The van der Waals surface area contributed by atoms with Crippen LogP contribution in [0.15, 0.2) is 0 Å². The molecule has 71 heavy (non-hydrogen) atoms. The van der Waals surface area contributed by atoms with E-state index >= 15 is 0 Å². The second kappa shape index (κ2) is 26.1. The van der Waals surface area contributed by atoms with E-state index in [0.717, 1.165) is 25.0 Å². The number of hydrogen-bond acceptors (Lipinski definition) is 19. The van der Waals surface area contributed by atoms with Gasteiger partial charge in [0.2, 0.25) is 11.8 Å². The summed E-state index contributed by atoms with van der Waals surface area (Å²) in [5.74, 6) is -4.83. The minimum absolute atomic E-state index is 0.00721. The zero-order valence-electron chi connectivity index (χ0n) is 42.0. The number of amides is 4. The normalized spacial score (nSPS) is 33.5. The second-order valence-corrected chi connectivity index (χ2v) is 22.2. The molecule has 0 aromatic heterocycles. The van der Waals surface area contributed by atoms with Crippen molar-refractivity contribution in [2.45, 2.75) is 195 Å². The van der Waals surface area contributed by atoms with Crippen molar-refractivity contribution >= 4 is 41.4 Å². The van der Waals surface area contributed by atoms with E-state index in [1.807, 2.05) is 39.5 Å². The topological polar surface area (TPSA) is 342 Å². The number of carbonyl (C=O) groups excluding carboxylic acids is 4. The molecule has 4 saturated heterocycles. The molecule has 12 N–H and O–H groups in total. The molecule has 4 aliphatic heterocycles. The lowest BCUT2D eigenvalue weighted by molar-refractivity contribution is -0.384. The number of carboxylic acid groups (broad SMARTS) is 1. The van der Waals surface area contributed by atoms with Crippen LogP contribution in [0.5, 0.6) is 0 Å². The predicted molar refractivity (Wildman–Crippen MR) is 255 cm³/mol. The fourth-order valence-electron chi connectivity index (χ4n) is 10.3. The lowest BCUT2D eigenvalue weighted by Crippen LogP contribution is -2.80. The van der Waals surface area contributed by atoms with Crippen LogP contribution < -0.4 is 26.6 Å². The Morgan fingerprint density at radius 3 is 2.28 bits per heavy atom. The first-order valence-electron chi connectivity index (χ1n) is 25.0. The first-order valence-corrected chi connectivity index (χ1v) is 26.1. The summed E-state index contributed by atoms with van der Waals surface area (Å²) in [6.07, 6.45) is -8.89. The Balaban J connectivity index is 0.985. The molecule has 1 saturated carbocycles. The summed E-state index contributed by atoms with van der Waals surface area (Å²) < 4.78 is 35.6. The number of hydrogen-bond donors (Lipinski definition) is 12.